The summed E-state index contributed by atoms with van der Waals surface area (Å²) in [6, 6.07) is 6.92. The second-order valence-corrected chi connectivity index (χ2v) is 22.1. The minimum Gasteiger partial charge on any atom is -0.481 e. The third kappa shape index (κ3) is 7.29. The number of rotatable bonds is 12. The quantitative estimate of drug-likeness (QED) is 0.200. The number of ketones is 1. The average molecular weight is 824 g/mol. The van der Waals surface area contributed by atoms with E-state index in [1.807, 2.05) is 19.0 Å². The first-order valence-electron chi connectivity index (χ1n) is 21.9. The van der Waals surface area contributed by atoms with Crippen LogP contribution in [0, 0.1) is 56.2 Å². The van der Waals surface area contributed by atoms with E-state index >= 15 is 0 Å². The van der Waals surface area contributed by atoms with E-state index < -0.39 is 28.9 Å². The summed E-state index contributed by atoms with van der Waals surface area (Å²) in [5.41, 5.74) is 0.320. The number of carbonyl (C=O) groups is 4. The van der Waals surface area contributed by atoms with Crippen molar-refractivity contribution in [2.75, 3.05) is 33.7 Å². The van der Waals surface area contributed by atoms with Crippen molar-refractivity contribution in [2.45, 2.75) is 139 Å². The third-order valence-corrected chi connectivity index (χ3v) is 17.3. The molecule has 322 valence electrons. The molecule has 0 radical (unpaired) electrons. The van der Waals surface area contributed by atoms with Crippen LogP contribution in [0.2, 0.25) is 5.02 Å². The van der Waals surface area contributed by atoms with Gasteiger partial charge in [0, 0.05) is 47.5 Å². The van der Waals surface area contributed by atoms with Crippen molar-refractivity contribution in [3.8, 4) is 0 Å². The smallest absolute Gasteiger partial charge is 0.309 e. The number of benzene rings is 1. The van der Waals surface area contributed by atoms with Crippen LogP contribution in [0.4, 0.5) is 0 Å². The molecule has 0 aliphatic heterocycles. The lowest BCUT2D eigenvalue weighted by atomic mass is 9.33. The molecule has 0 heterocycles. The van der Waals surface area contributed by atoms with Gasteiger partial charge >= 0.3 is 11.9 Å². The van der Waals surface area contributed by atoms with Crippen molar-refractivity contribution in [3.05, 3.63) is 46.0 Å². The molecule has 0 saturated heterocycles. The SMILES string of the molecule is CC(C)C1=C2[C@H]3CC[C@@H]4[C@@]5(C)CC[C@H](OC(=O)CC(C)(C)C(=O)O)C(C)(C)C5CC[C@@]4(C)[C@]3(C)CCC2(C(O)CN(CCN(C)C)C(=O)c2ccc(Cl)cc2)CC1=O. The van der Waals surface area contributed by atoms with Crippen LogP contribution in [-0.2, 0) is 19.1 Å². The Bertz CT molecular complexity index is 1820. The Morgan fingerprint density at radius 1 is 0.897 bits per heavy atom. The first-order valence-corrected chi connectivity index (χ1v) is 22.3. The van der Waals surface area contributed by atoms with E-state index in [9.17, 15) is 29.4 Å². The number of esters is 1. The van der Waals surface area contributed by atoms with Crippen LogP contribution in [-0.4, -0.2) is 89.6 Å². The maximum atomic E-state index is 14.3. The van der Waals surface area contributed by atoms with Gasteiger partial charge in [-0.3, -0.25) is 19.2 Å². The summed E-state index contributed by atoms with van der Waals surface area (Å²) in [5.74, 6) is -0.515. The number of hydrogen-bond acceptors (Lipinski definition) is 7. The molecule has 2 N–H and O–H groups in total. The van der Waals surface area contributed by atoms with Gasteiger partial charge in [0.05, 0.1) is 17.9 Å². The van der Waals surface area contributed by atoms with E-state index in [-0.39, 0.29) is 70.7 Å². The number of carboxylic acid groups (broad SMARTS) is 1. The average Bonchev–Trinajstić information content (AvgIpc) is 3.44. The maximum Gasteiger partial charge on any atom is 0.309 e. The van der Waals surface area contributed by atoms with Gasteiger partial charge in [0.1, 0.15) is 6.10 Å². The number of allylic oxidation sites excluding steroid dienone is 1. The highest BCUT2D eigenvalue weighted by molar-refractivity contribution is 6.30. The van der Waals surface area contributed by atoms with Gasteiger partial charge in [0.2, 0.25) is 0 Å². The summed E-state index contributed by atoms with van der Waals surface area (Å²) in [5, 5.41) is 22.9. The van der Waals surface area contributed by atoms with Gasteiger partial charge in [0.15, 0.2) is 5.78 Å². The summed E-state index contributed by atoms with van der Waals surface area (Å²) in [7, 11) is 3.95. The van der Waals surface area contributed by atoms with Crippen LogP contribution in [0.25, 0.3) is 0 Å². The van der Waals surface area contributed by atoms with Gasteiger partial charge < -0.3 is 24.7 Å². The van der Waals surface area contributed by atoms with Crippen molar-refractivity contribution in [1.82, 2.24) is 9.80 Å². The molecular formula is C48H71ClN2O7. The number of halogens is 1. The van der Waals surface area contributed by atoms with Gasteiger partial charge in [-0.05, 0) is 149 Å². The number of nitrogens with zero attached hydrogens (tertiary/aromatic N) is 2. The number of fused-ring (bicyclic) bond motifs is 7. The van der Waals surface area contributed by atoms with Crippen molar-refractivity contribution in [3.63, 3.8) is 0 Å². The van der Waals surface area contributed by atoms with E-state index in [4.69, 9.17) is 16.3 Å². The molecule has 0 bridgehead atoms. The minimum absolute atomic E-state index is 0.0114. The van der Waals surface area contributed by atoms with Gasteiger partial charge in [-0.2, -0.15) is 0 Å². The number of carbonyl (C=O) groups excluding carboxylic acids is 3. The topological polar surface area (TPSA) is 124 Å². The summed E-state index contributed by atoms with van der Waals surface area (Å²) in [6.45, 7) is 20.6. The molecule has 4 saturated carbocycles. The second kappa shape index (κ2) is 15.6. The fraction of sp³-hybridized carbons (Fsp3) is 0.750. The lowest BCUT2D eigenvalue weighted by molar-refractivity contribution is -0.235. The predicted molar refractivity (Wildman–Crippen MR) is 227 cm³/mol. The standard InChI is InChI=1S/C48H71ClN2O7/c1-29(2)39-33(52)26-48(36(53)28-51(25-24-50(10)11)41(55)30-12-14-31(49)15-13-30)23-22-46(8)32(40(39)48)16-17-35-45(7)20-19-37(58-38(54)27-43(3,4)42(56)57)44(5,6)34(45)18-21-47(35,46)9/h12-15,29,32,34-37,53H,16-28H2,1-11H3,(H,56,57)/t32-,34?,35-,36?,37+,45+,46-,47-,48?/m1/s1. The number of aliphatic hydroxyl groups excluding tert-OH is 1. The molecule has 0 aromatic heterocycles. The van der Waals surface area contributed by atoms with Gasteiger partial charge in [-0.25, -0.2) is 0 Å². The fourth-order valence-corrected chi connectivity index (χ4v) is 13.8. The molecule has 1 amide bonds. The summed E-state index contributed by atoms with van der Waals surface area (Å²) < 4.78 is 6.18. The minimum atomic E-state index is -1.19. The molecule has 5 aliphatic carbocycles. The summed E-state index contributed by atoms with van der Waals surface area (Å²) in [6.07, 6.45) is 6.25. The van der Waals surface area contributed by atoms with Crippen LogP contribution in [0.3, 0.4) is 0 Å². The molecule has 10 heteroatoms. The van der Waals surface area contributed by atoms with E-state index in [0.717, 1.165) is 50.5 Å². The normalized spacial score (nSPS) is 34.8. The zero-order valence-electron chi connectivity index (χ0n) is 37.2. The van der Waals surface area contributed by atoms with Crippen molar-refractivity contribution >= 4 is 35.2 Å². The number of aliphatic carboxylic acids is 1. The molecule has 4 fully saturated rings. The number of ether oxygens (including phenoxy) is 1. The second-order valence-electron chi connectivity index (χ2n) is 21.6. The zero-order chi connectivity index (χ0) is 43.0. The first kappa shape index (κ1) is 44.8. The highest BCUT2D eigenvalue weighted by atomic mass is 35.5. The van der Waals surface area contributed by atoms with E-state index in [1.54, 1.807) is 43.0 Å². The predicted octanol–water partition coefficient (Wildman–Crippen LogP) is 9.10. The van der Waals surface area contributed by atoms with Gasteiger partial charge in [-0.1, -0.05) is 65.6 Å². The van der Waals surface area contributed by atoms with Crippen LogP contribution >= 0.6 is 11.6 Å². The molecule has 9 atom stereocenters. The number of Topliss-reactive ketones (excluding diaryl/α,β-unsaturated/α-hetero) is 1. The highest BCUT2D eigenvalue weighted by Crippen LogP contribution is 2.77. The van der Waals surface area contributed by atoms with E-state index in [0.29, 0.717) is 41.9 Å². The molecule has 1 aromatic carbocycles. The Labute approximate surface area is 352 Å². The molecule has 9 nitrogen and oxygen atoms in total. The Balaban J connectivity index is 1.30. The number of aliphatic hydroxyl groups is 1. The van der Waals surface area contributed by atoms with Gasteiger partial charge in [-0.15, -0.1) is 0 Å². The van der Waals surface area contributed by atoms with Crippen molar-refractivity contribution in [1.29, 1.82) is 0 Å². The molecular weight excluding hydrogens is 752 g/mol. The number of carboxylic acids is 1. The number of hydrogen-bond donors (Lipinski definition) is 2. The third-order valence-electron chi connectivity index (χ3n) is 17.1. The lowest BCUT2D eigenvalue weighted by Gasteiger charge is -2.72. The van der Waals surface area contributed by atoms with Crippen LogP contribution in [0.5, 0.6) is 0 Å². The number of amides is 1. The van der Waals surface area contributed by atoms with E-state index in [1.165, 1.54) is 5.57 Å². The zero-order valence-corrected chi connectivity index (χ0v) is 37.9. The van der Waals surface area contributed by atoms with Crippen molar-refractivity contribution < 1.29 is 34.1 Å². The lowest BCUT2D eigenvalue weighted by Crippen LogP contribution is -2.66. The molecule has 0 spiro atoms. The van der Waals surface area contributed by atoms with Crippen LogP contribution < -0.4 is 0 Å². The largest absolute Gasteiger partial charge is 0.481 e. The highest BCUT2D eigenvalue weighted by Gasteiger charge is 2.71. The Kier molecular flexibility index (Phi) is 12.1. The Hall–Kier alpha value is -2.75. The molecule has 5 aliphatic rings. The molecule has 58 heavy (non-hydrogen) atoms. The Morgan fingerprint density at radius 2 is 1.55 bits per heavy atom. The van der Waals surface area contributed by atoms with Crippen molar-refractivity contribution in [2.24, 2.45) is 56.2 Å². The summed E-state index contributed by atoms with van der Waals surface area (Å²) in [4.78, 5) is 57.1. The molecule has 3 unspecified atom stereocenters. The van der Waals surface area contributed by atoms with Crippen LogP contribution in [0.15, 0.2) is 35.4 Å². The maximum absolute atomic E-state index is 14.3. The van der Waals surface area contributed by atoms with Gasteiger partial charge in [0.25, 0.3) is 5.91 Å². The van der Waals surface area contributed by atoms with E-state index in [2.05, 4.69) is 48.5 Å². The number of likely N-dealkylation sites (N-methyl/N-ethyl adjacent to an activating group) is 1. The Morgan fingerprint density at radius 3 is 2.16 bits per heavy atom. The monoisotopic (exact) mass is 822 g/mol. The fourth-order valence-electron chi connectivity index (χ4n) is 13.7. The first-order chi connectivity index (χ1) is 26.9. The molecule has 1 aromatic rings. The van der Waals surface area contributed by atoms with Crippen LogP contribution in [0.1, 0.15) is 137 Å². The molecule has 6 rings (SSSR count). The summed E-state index contributed by atoms with van der Waals surface area (Å²) >= 11 is 6.18.